The van der Waals surface area contributed by atoms with Crippen LogP contribution >= 0.6 is 27.5 Å². The first kappa shape index (κ1) is 12.9. The van der Waals surface area contributed by atoms with Crippen LogP contribution in [0.2, 0.25) is 5.02 Å². The Kier molecular flexibility index (Phi) is 3.85. The van der Waals surface area contributed by atoms with Crippen molar-refractivity contribution >= 4 is 39.3 Å². The van der Waals surface area contributed by atoms with Gasteiger partial charge in [0.05, 0.1) is 5.02 Å². The maximum absolute atomic E-state index is 6.00. The highest BCUT2D eigenvalue weighted by molar-refractivity contribution is 9.10. The summed E-state index contributed by atoms with van der Waals surface area (Å²) in [5, 5.41) is 0.456. The monoisotopic (exact) mass is 329 g/mol. The van der Waals surface area contributed by atoms with Crippen LogP contribution in [0.4, 0.5) is 11.8 Å². The molecule has 0 aliphatic carbocycles. The van der Waals surface area contributed by atoms with Gasteiger partial charge in [-0.1, -0.05) is 27.5 Å². The van der Waals surface area contributed by atoms with Crippen LogP contribution in [0.3, 0.4) is 0 Å². The van der Waals surface area contributed by atoms with E-state index in [0.29, 0.717) is 16.6 Å². The fraction of sp³-hybridized carbons (Fsp3) is 0. The van der Waals surface area contributed by atoms with Gasteiger partial charge >= 0.3 is 0 Å². The van der Waals surface area contributed by atoms with Crippen molar-refractivity contribution in [3.8, 4) is 11.6 Å². The lowest BCUT2D eigenvalue weighted by Crippen LogP contribution is -2.10. The maximum Gasteiger partial charge on any atom is 0.226 e. The maximum atomic E-state index is 6.00. The highest BCUT2D eigenvalue weighted by Gasteiger charge is 2.07. The van der Waals surface area contributed by atoms with Crippen molar-refractivity contribution in [2.24, 2.45) is 5.84 Å². The third kappa shape index (κ3) is 3.00. The van der Waals surface area contributed by atoms with E-state index >= 15 is 0 Å². The van der Waals surface area contributed by atoms with Gasteiger partial charge in [0.15, 0.2) is 0 Å². The number of rotatable bonds is 3. The molecule has 0 spiro atoms. The average Bonchev–Trinajstić information content (AvgIpc) is 2.33. The van der Waals surface area contributed by atoms with Gasteiger partial charge in [-0.05, 0) is 18.2 Å². The highest BCUT2D eigenvalue weighted by atomic mass is 79.9. The standard InChI is InChI=1S/C10H9BrClN5O/c11-5-1-2-6(12)7(3-5)18-9-4-8(17-14)15-10(13)16-9/h1-4H,14H2,(H3,13,15,16,17). The van der Waals surface area contributed by atoms with E-state index in [-0.39, 0.29) is 11.8 Å². The molecule has 2 rings (SSSR count). The summed E-state index contributed by atoms with van der Waals surface area (Å²) in [5.41, 5.74) is 7.88. The van der Waals surface area contributed by atoms with Gasteiger partial charge < -0.3 is 15.9 Å². The van der Waals surface area contributed by atoms with E-state index in [0.717, 1.165) is 4.47 Å². The molecule has 0 amide bonds. The van der Waals surface area contributed by atoms with E-state index in [1.165, 1.54) is 6.07 Å². The average molecular weight is 331 g/mol. The summed E-state index contributed by atoms with van der Waals surface area (Å²) >= 11 is 9.32. The molecular formula is C10H9BrClN5O. The Balaban J connectivity index is 2.33. The summed E-state index contributed by atoms with van der Waals surface area (Å²) < 4.78 is 6.36. The molecule has 0 saturated heterocycles. The van der Waals surface area contributed by atoms with Crippen LogP contribution in [0.1, 0.15) is 0 Å². The van der Waals surface area contributed by atoms with Gasteiger partial charge in [-0.3, -0.25) is 0 Å². The normalized spacial score (nSPS) is 10.2. The minimum atomic E-state index is 0.0477. The Hall–Kier alpha value is -1.57. The largest absolute Gasteiger partial charge is 0.437 e. The number of aromatic nitrogens is 2. The summed E-state index contributed by atoms with van der Waals surface area (Å²) in [5.74, 6) is 6.35. The van der Waals surface area contributed by atoms with E-state index in [2.05, 4.69) is 31.3 Å². The van der Waals surface area contributed by atoms with Crippen LogP contribution in [-0.4, -0.2) is 9.97 Å². The molecule has 2 aromatic rings. The van der Waals surface area contributed by atoms with Crippen LogP contribution in [0.25, 0.3) is 0 Å². The highest BCUT2D eigenvalue weighted by Crippen LogP contribution is 2.31. The molecule has 1 heterocycles. The van der Waals surface area contributed by atoms with Gasteiger partial charge in [0.25, 0.3) is 0 Å². The third-order valence-corrected chi connectivity index (χ3v) is 2.78. The van der Waals surface area contributed by atoms with Crippen molar-refractivity contribution in [1.29, 1.82) is 0 Å². The van der Waals surface area contributed by atoms with Gasteiger partial charge in [-0.2, -0.15) is 9.97 Å². The number of benzene rings is 1. The molecule has 1 aromatic heterocycles. The molecule has 0 bridgehead atoms. The molecule has 6 nitrogen and oxygen atoms in total. The second-order valence-electron chi connectivity index (χ2n) is 3.27. The number of anilines is 2. The number of nitrogens with zero attached hydrogens (tertiary/aromatic N) is 2. The number of nitrogen functional groups attached to an aromatic ring is 2. The minimum Gasteiger partial charge on any atom is -0.437 e. The number of hydrazine groups is 1. The van der Waals surface area contributed by atoms with Gasteiger partial charge in [0.2, 0.25) is 11.8 Å². The van der Waals surface area contributed by atoms with Crippen molar-refractivity contribution in [1.82, 2.24) is 9.97 Å². The summed E-state index contributed by atoms with van der Waals surface area (Å²) in [7, 11) is 0. The zero-order valence-corrected chi connectivity index (χ0v) is 11.4. The van der Waals surface area contributed by atoms with Crippen molar-refractivity contribution in [3.63, 3.8) is 0 Å². The Labute approximate surface area is 116 Å². The Morgan fingerprint density at radius 1 is 1.28 bits per heavy atom. The van der Waals surface area contributed by atoms with Crippen molar-refractivity contribution in [2.75, 3.05) is 11.2 Å². The Morgan fingerprint density at radius 3 is 2.78 bits per heavy atom. The van der Waals surface area contributed by atoms with Crippen molar-refractivity contribution in [2.45, 2.75) is 0 Å². The molecule has 1 aromatic carbocycles. The summed E-state index contributed by atoms with van der Waals surface area (Å²) in [6, 6.07) is 6.73. The molecule has 0 unspecified atom stereocenters. The number of nitrogens with two attached hydrogens (primary N) is 2. The number of halogens is 2. The number of hydrogen-bond donors (Lipinski definition) is 3. The SMILES string of the molecule is NNc1cc(Oc2cc(Br)ccc2Cl)nc(N)n1. The molecule has 0 aliphatic rings. The molecule has 18 heavy (non-hydrogen) atoms. The second-order valence-corrected chi connectivity index (χ2v) is 4.59. The van der Waals surface area contributed by atoms with E-state index in [9.17, 15) is 0 Å². The Bertz CT molecular complexity index is 580. The molecule has 0 radical (unpaired) electrons. The smallest absolute Gasteiger partial charge is 0.226 e. The molecule has 0 aliphatic heterocycles. The predicted octanol–water partition coefficient (Wildman–Crippen LogP) is 2.55. The lowest BCUT2D eigenvalue weighted by molar-refractivity contribution is 0.463. The van der Waals surface area contributed by atoms with Gasteiger partial charge in [0.1, 0.15) is 11.6 Å². The van der Waals surface area contributed by atoms with Crippen molar-refractivity contribution in [3.05, 3.63) is 33.8 Å². The number of hydrogen-bond acceptors (Lipinski definition) is 6. The van der Waals surface area contributed by atoms with E-state index in [1.807, 2.05) is 0 Å². The summed E-state index contributed by atoms with van der Waals surface area (Å²) in [6.07, 6.45) is 0. The fourth-order valence-electron chi connectivity index (χ4n) is 1.24. The zero-order valence-electron chi connectivity index (χ0n) is 9.02. The first-order chi connectivity index (χ1) is 8.58. The lowest BCUT2D eigenvalue weighted by Gasteiger charge is -2.08. The first-order valence-electron chi connectivity index (χ1n) is 4.82. The topological polar surface area (TPSA) is 99.1 Å². The van der Waals surface area contributed by atoms with Gasteiger partial charge in [-0.25, -0.2) is 5.84 Å². The molecule has 8 heteroatoms. The minimum absolute atomic E-state index is 0.0477. The molecule has 94 valence electrons. The van der Waals surface area contributed by atoms with E-state index in [1.54, 1.807) is 18.2 Å². The Morgan fingerprint density at radius 2 is 2.06 bits per heavy atom. The lowest BCUT2D eigenvalue weighted by atomic mass is 10.3. The number of ether oxygens (including phenoxy) is 1. The zero-order chi connectivity index (χ0) is 13.1. The van der Waals surface area contributed by atoms with Crippen LogP contribution < -0.4 is 21.7 Å². The second kappa shape index (κ2) is 5.38. The molecule has 0 atom stereocenters. The fourth-order valence-corrected chi connectivity index (χ4v) is 1.73. The van der Waals surface area contributed by atoms with E-state index in [4.69, 9.17) is 27.9 Å². The van der Waals surface area contributed by atoms with Crippen LogP contribution in [-0.2, 0) is 0 Å². The van der Waals surface area contributed by atoms with Crippen LogP contribution in [0.5, 0.6) is 11.6 Å². The summed E-state index contributed by atoms with van der Waals surface area (Å²) in [6.45, 7) is 0. The van der Waals surface area contributed by atoms with Crippen LogP contribution in [0.15, 0.2) is 28.7 Å². The third-order valence-electron chi connectivity index (χ3n) is 1.98. The quantitative estimate of drug-likeness (QED) is 0.591. The van der Waals surface area contributed by atoms with E-state index < -0.39 is 0 Å². The van der Waals surface area contributed by atoms with Gasteiger partial charge in [-0.15, -0.1) is 0 Å². The molecule has 5 N–H and O–H groups in total. The molecule has 0 fully saturated rings. The molecular weight excluding hydrogens is 322 g/mol. The number of nitrogens with one attached hydrogen (secondary N) is 1. The summed E-state index contributed by atoms with van der Waals surface area (Å²) in [4.78, 5) is 7.77. The van der Waals surface area contributed by atoms with Crippen molar-refractivity contribution < 1.29 is 4.74 Å². The van der Waals surface area contributed by atoms with Crippen LogP contribution in [0, 0.1) is 0 Å². The first-order valence-corrected chi connectivity index (χ1v) is 5.99. The van der Waals surface area contributed by atoms with Gasteiger partial charge in [0, 0.05) is 10.5 Å². The predicted molar refractivity (Wildman–Crippen MR) is 73.5 cm³/mol. The molecule has 0 saturated carbocycles.